The Morgan fingerprint density at radius 1 is 1.06 bits per heavy atom. The molecule has 0 aliphatic heterocycles. The van der Waals surface area contributed by atoms with Crippen LogP contribution in [0.3, 0.4) is 0 Å². The molecule has 2 N–H and O–H groups in total. The van der Waals surface area contributed by atoms with E-state index in [-0.39, 0.29) is 5.82 Å². The Morgan fingerprint density at radius 2 is 1.67 bits per heavy atom. The lowest BCUT2D eigenvalue weighted by Crippen LogP contribution is -2.15. The smallest absolute Gasteiger partial charge is 0.142 e. The van der Waals surface area contributed by atoms with Crippen LogP contribution >= 0.6 is 43.5 Å². The van der Waals surface area contributed by atoms with Crippen molar-refractivity contribution < 1.29 is 4.39 Å². The molecule has 2 aromatic rings. The van der Waals surface area contributed by atoms with Gasteiger partial charge < -0.3 is 5.73 Å². The van der Waals surface area contributed by atoms with Crippen LogP contribution in [0.2, 0.25) is 5.02 Å². The second-order valence-electron chi connectivity index (χ2n) is 3.76. The summed E-state index contributed by atoms with van der Waals surface area (Å²) >= 11 is 12.7. The van der Waals surface area contributed by atoms with Crippen LogP contribution in [0.15, 0.2) is 45.3 Å². The summed E-state index contributed by atoms with van der Waals surface area (Å²) in [6.45, 7) is 0. The fourth-order valence-corrected chi connectivity index (χ4v) is 3.12. The Hall–Kier alpha value is -0.420. The number of rotatable bonds is 2. The van der Waals surface area contributed by atoms with Gasteiger partial charge in [-0.3, -0.25) is 0 Å². The summed E-state index contributed by atoms with van der Waals surface area (Å²) < 4.78 is 15.2. The highest BCUT2D eigenvalue weighted by molar-refractivity contribution is 9.10. The van der Waals surface area contributed by atoms with E-state index in [1.807, 2.05) is 6.07 Å². The lowest BCUT2D eigenvalue weighted by atomic mass is 9.99. The fraction of sp³-hybridized carbons (Fsp3) is 0.0769. The third-order valence-corrected chi connectivity index (χ3v) is 4.26. The predicted molar refractivity (Wildman–Crippen MR) is 79.3 cm³/mol. The minimum absolute atomic E-state index is 0.364. The van der Waals surface area contributed by atoms with Crippen molar-refractivity contribution in [3.8, 4) is 0 Å². The van der Waals surface area contributed by atoms with E-state index in [0.717, 1.165) is 4.47 Å². The molecule has 2 aromatic carbocycles. The second kappa shape index (κ2) is 5.70. The topological polar surface area (TPSA) is 26.0 Å². The third kappa shape index (κ3) is 2.62. The van der Waals surface area contributed by atoms with Crippen molar-refractivity contribution in [2.45, 2.75) is 6.04 Å². The molecule has 1 nitrogen and oxygen atoms in total. The zero-order valence-corrected chi connectivity index (χ0v) is 13.1. The van der Waals surface area contributed by atoms with Crippen LogP contribution in [-0.2, 0) is 0 Å². The van der Waals surface area contributed by atoms with Gasteiger partial charge in [-0.25, -0.2) is 4.39 Å². The molecule has 1 atom stereocenters. The molecule has 0 amide bonds. The molecule has 2 rings (SSSR count). The van der Waals surface area contributed by atoms with Gasteiger partial charge in [0.25, 0.3) is 0 Å². The lowest BCUT2D eigenvalue weighted by molar-refractivity contribution is 0.593. The molecule has 0 aromatic heterocycles. The van der Waals surface area contributed by atoms with E-state index in [9.17, 15) is 4.39 Å². The molecule has 94 valence electrons. The van der Waals surface area contributed by atoms with Gasteiger partial charge >= 0.3 is 0 Å². The van der Waals surface area contributed by atoms with Crippen LogP contribution in [-0.4, -0.2) is 0 Å². The van der Waals surface area contributed by atoms with Crippen molar-refractivity contribution in [2.75, 3.05) is 0 Å². The largest absolute Gasteiger partial charge is 0.320 e. The second-order valence-corrected chi connectivity index (χ2v) is 5.87. The highest BCUT2D eigenvalue weighted by atomic mass is 79.9. The van der Waals surface area contributed by atoms with Crippen LogP contribution in [0.4, 0.5) is 4.39 Å². The number of hydrogen-bond acceptors (Lipinski definition) is 1. The first kappa shape index (κ1) is 14.0. The molecule has 0 saturated carbocycles. The summed E-state index contributed by atoms with van der Waals surface area (Å²) in [5, 5.41) is 0.510. The average Bonchev–Trinajstić information content (AvgIpc) is 2.32. The Morgan fingerprint density at radius 3 is 2.33 bits per heavy atom. The molecule has 5 heteroatoms. The van der Waals surface area contributed by atoms with Crippen molar-refractivity contribution in [1.82, 2.24) is 0 Å². The summed E-state index contributed by atoms with van der Waals surface area (Å²) in [6, 6.07) is 9.78. The van der Waals surface area contributed by atoms with E-state index in [4.69, 9.17) is 17.3 Å². The van der Waals surface area contributed by atoms with Gasteiger partial charge in [-0.05, 0) is 34.1 Å². The number of halogens is 4. The number of benzene rings is 2. The maximum Gasteiger partial charge on any atom is 0.142 e. The molecule has 0 aliphatic carbocycles. The summed E-state index contributed by atoms with van der Waals surface area (Å²) in [5.41, 5.74) is 7.19. The molecular weight excluding hydrogens is 384 g/mol. The summed E-state index contributed by atoms with van der Waals surface area (Å²) in [7, 11) is 0. The molecule has 0 bridgehead atoms. The zero-order valence-electron chi connectivity index (χ0n) is 9.13. The molecular formula is C13H9Br2ClFN. The van der Waals surface area contributed by atoms with Crippen molar-refractivity contribution >= 4 is 43.5 Å². The molecule has 0 saturated heterocycles. The highest BCUT2D eigenvalue weighted by Gasteiger charge is 2.19. The van der Waals surface area contributed by atoms with Crippen molar-refractivity contribution in [1.29, 1.82) is 0 Å². The summed E-state index contributed by atoms with van der Waals surface area (Å²) in [6.07, 6.45) is 0. The number of nitrogens with two attached hydrogens (primary N) is 1. The van der Waals surface area contributed by atoms with Gasteiger partial charge in [0.2, 0.25) is 0 Å². The SMILES string of the molecule is NC(c1cccc(Br)c1F)c1c(Cl)cccc1Br. The van der Waals surface area contributed by atoms with Gasteiger partial charge in [0, 0.05) is 20.6 Å². The minimum Gasteiger partial charge on any atom is -0.320 e. The third-order valence-electron chi connectivity index (χ3n) is 2.63. The molecule has 0 heterocycles. The first-order valence-electron chi connectivity index (χ1n) is 5.15. The Balaban J connectivity index is 2.55. The first-order valence-corrected chi connectivity index (χ1v) is 7.12. The Bertz CT molecular complexity index is 569. The van der Waals surface area contributed by atoms with Crippen molar-refractivity contribution in [3.05, 3.63) is 67.3 Å². The summed E-state index contributed by atoms with van der Waals surface area (Å²) in [5.74, 6) is -0.364. The standard InChI is InChI=1S/C13H9Br2ClFN/c14-8-4-2-6-10(16)11(8)13(18)7-3-1-5-9(15)12(7)17/h1-6,13H,18H2. The Labute approximate surface area is 126 Å². The van der Waals surface area contributed by atoms with E-state index < -0.39 is 6.04 Å². The van der Waals surface area contributed by atoms with E-state index >= 15 is 0 Å². The molecule has 0 radical (unpaired) electrons. The van der Waals surface area contributed by atoms with E-state index in [0.29, 0.717) is 20.6 Å². The quantitative estimate of drug-likeness (QED) is 0.759. The first-order chi connectivity index (χ1) is 8.52. The molecule has 0 fully saturated rings. The van der Waals surface area contributed by atoms with Crippen LogP contribution in [0.5, 0.6) is 0 Å². The van der Waals surface area contributed by atoms with Gasteiger partial charge in [0.15, 0.2) is 0 Å². The maximum absolute atomic E-state index is 14.0. The van der Waals surface area contributed by atoms with Crippen LogP contribution in [0.1, 0.15) is 17.2 Å². The van der Waals surface area contributed by atoms with Gasteiger partial charge in [0.1, 0.15) is 5.82 Å². The maximum atomic E-state index is 14.0. The van der Waals surface area contributed by atoms with Gasteiger partial charge in [0.05, 0.1) is 10.5 Å². The molecule has 1 unspecified atom stereocenters. The average molecular weight is 393 g/mol. The van der Waals surface area contributed by atoms with Crippen molar-refractivity contribution in [3.63, 3.8) is 0 Å². The number of hydrogen-bond donors (Lipinski definition) is 1. The minimum atomic E-state index is -0.620. The lowest BCUT2D eigenvalue weighted by Gasteiger charge is -2.17. The van der Waals surface area contributed by atoms with Crippen LogP contribution < -0.4 is 5.73 Å². The predicted octanol–water partition coefficient (Wildman–Crippen LogP) is 5.05. The fourth-order valence-electron chi connectivity index (χ4n) is 1.72. The monoisotopic (exact) mass is 391 g/mol. The van der Waals surface area contributed by atoms with Crippen LogP contribution in [0.25, 0.3) is 0 Å². The molecule has 0 aliphatic rings. The van der Waals surface area contributed by atoms with Gasteiger partial charge in [-0.15, -0.1) is 0 Å². The van der Waals surface area contributed by atoms with E-state index in [1.54, 1.807) is 30.3 Å². The normalized spacial score (nSPS) is 12.5. The highest BCUT2D eigenvalue weighted by Crippen LogP contribution is 2.34. The van der Waals surface area contributed by atoms with E-state index in [2.05, 4.69) is 31.9 Å². The van der Waals surface area contributed by atoms with Gasteiger partial charge in [-0.1, -0.05) is 45.7 Å². The Kier molecular flexibility index (Phi) is 4.43. The molecule has 18 heavy (non-hydrogen) atoms. The molecule has 0 spiro atoms. The summed E-state index contributed by atoms with van der Waals surface area (Å²) in [4.78, 5) is 0. The van der Waals surface area contributed by atoms with Crippen LogP contribution in [0, 0.1) is 5.82 Å². The van der Waals surface area contributed by atoms with Crippen molar-refractivity contribution in [2.24, 2.45) is 5.73 Å². The van der Waals surface area contributed by atoms with Gasteiger partial charge in [-0.2, -0.15) is 0 Å². The zero-order chi connectivity index (χ0) is 13.3. The van der Waals surface area contributed by atoms with E-state index in [1.165, 1.54) is 0 Å².